The van der Waals surface area contributed by atoms with Crippen molar-refractivity contribution in [2.75, 3.05) is 23.7 Å². The maximum absolute atomic E-state index is 12.1. The normalized spacial score (nSPS) is 12.8. The molecule has 0 saturated heterocycles. The van der Waals surface area contributed by atoms with Gasteiger partial charge in [0.15, 0.2) is 0 Å². The Morgan fingerprint density at radius 3 is 2.04 bits per heavy atom. The number of hydrogen-bond acceptors (Lipinski definition) is 3. The Morgan fingerprint density at radius 2 is 1.39 bits per heavy atom. The lowest BCUT2D eigenvalue weighted by atomic mass is 10.2. The Bertz CT molecular complexity index is 843. The smallest absolute Gasteiger partial charge is 0.319 e. The fourth-order valence-electron chi connectivity index (χ4n) is 2.56. The molecule has 0 bridgehead atoms. The van der Waals surface area contributed by atoms with Crippen LogP contribution in [0.1, 0.15) is 28.8 Å². The molecule has 0 atom stereocenters. The van der Waals surface area contributed by atoms with Gasteiger partial charge in [0.2, 0.25) is 5.91 Å². The van der Waals surface area contributed by atoms with Gasteiger partial charge in [-0.15, -0.1) is 0 Å². The molecule has 1 aliphatic rings. The molecule has 0 unspecified atom stereocenters. The van der Waals surface area contributed by atoms with Crippen molar-refractivity contribution < 1.29 is 14.4 Å². The van der Waals surface area contributed by atoms with Gasteiger partial charge in [-0.3, -0.25) is 9.59 Å². The maximum atomic E-state index is 12.1. The number of urea groups is 1. The number of carbonyl (C=O) groups excluding carboxylic acids is 3. The molecule has 3 rings (SSSR count). The highest BCUT2D eigenvalue weighted by atomic mass is 16.2. The predicted octanol–water partition coefficient (Wildman–Crippen LogP) is 2.90. The Kier molecular flexibility index (Phi) is 6.26. The van der Waals surface area contributed by atoms with Crippen molar-refractivity contribution in [2.24, 2.45) is 5.92 Å². The summed E-state index contributed by atoms with van der Waals surface area (Å²) < 4.78 is 0. The summed E-state index contributed by atoms with van der Waals surface area (Å²) in [6.07, 6.45) is 1.90. The quantitative estimate of drug-likeness (QED) is 0.556. The highest BCUT2D eigenvalue weighted by Crippen LogP contribution is 2.30. The van der Waals surface area contributed by atoms with Gasteiger partial charge in [0.25, 0.3) is 5.91 Å². The maximum Gasteiger partial charge on any atom is 0.319 e. The van der Waals surface area contributed by atoms with E-state index >= 15 is 0 Å². The average Bonchev–Trinajstić information content (AvgIpc) is 3.53. The lowest BCUT2D eigenvalue weighted by molar-refractivity contribution is -0.117. The molecule has 7 heteroatoms. The van der Waals surface area contributed by atoms with Gasteiger partial charge >= 0.3 is 6.03 Å². The van der Waals surface area contributed by atoms with Crippen molar-refractivity contribution in [1.82, 2.24) is 10.6 Å². The summed E-state index contributed by atoms with van der Waals surface area (Å²) in [5.41, 5.74) is 3.00. The van der Waals surface area contributed by atoms with Crippen LogP contribution in [0, 0.1) is 12.8 Å². The molecular formula is C21H24N4O3. The Morgan fingerprint density at radius 1 is 0.821 bits per heavy atom. The molecule has 2 aromatic carbocycles. The van der Waals surface area contributed by atoms with Crippen molar-refractivity contribution in [2.45, 2.75) is 19.8 Å². The summed E-state index contributed by atoms with van der Waals surface area (Å²) in [4.78, 5) is 35.7. The van der Waals surface area contributed by atoms with Crippen LogP contribution >= 0.6 is 0 Å². The molecule has 4 amide bonds. The van der Waals surface area contributed by atoms with Crippen LogP contribution in [0.4, 0.5) is 16.2 Å². The standard InChI is InChI=1S/C21H24N4O3/c1-14-2-8-18(9-3-14)25-21(28)23-13-12-22-19(26)15-6-10-17(11-7-15)24-20(27)16-4-5-16/h2-3,6-11,16H,4-5,12-13H2,1H3,(H,22,26)(H,24,27)(H2,23,25,28). The van der Waals surface area contributed by atoms with Crippen molar-refractivity contribution >= 4 is 29.2 Å². The fraction of sp³-hybridized carbons (Fsp3) is 0.286. The van der Waals surface area contributed by atoms with Crippen LogP contribution in [-0.4, -0.2) is 30.9 Å². The van der Waals surface area contributed by atoms with E-state index in [-0.39, 0.29) is 23.8 Å². The Balaban J connectivity index is 1.36. The minimum atomic E-state index is -0.325. The Hall–Kier alpha value is -3.35. The summed E-state index contributed by atoms with van der Waals surface area (Å²) in [7, 11) is 0. The molecule has 1 saturated carbocycles. The molecule has 0 aromatic heterocycles. The van der Waals surface area contributed by atoms with Crippen LogP contribution in [0.3, 0.4) is 0 Å². The first-order chi connectivity index (χ1) is 13.5. The van der Waals surface area contributed by atoms with E-state index in [2.05, 4.69) is 21.3 Å². The van der Waals surface area contributed by atoms with E-state index < -0.39 is 0 Å². The third kappa shape index (κ3) is 5.84. The van der Waals surface area contributed by atoms with Crippen LogP contribution in [0.15, 0.2) is 48.5 Å². The van der Waals surface area contributed by atoms with Crippen LogP contribution in [0.5, 0.6) is 0 Å². The van der Waals surface area contributed by atoms with Crippen molar-refractivity contribution in [3.63, 3.8) is 0 Å². The summed E-state index contributed by atoms with van der Waals surface area (Å²) >= 11 is 0. The van der Waals surface area contributed by atoms with E-state index in [1.807, 2.05) is 31.2 Å². The molecule has 0 radical (unpaired) electrons. The summed E-state index contributed by atoms with van der Waals surface area (Å²) in [5, 5.41) is 11.0. The minimum absolute atomic E-state index is 0.0344. The lowest BCUT2D eigenvalue weighted by Crippen LogP contribution is -2.36. The highest BCUT2D eigenvalue weighted by Gasteiger charge is 2.29. The van der Waals surface area contributed by atoms with Crippen LogP contribution < -0.4 is 21.3 Å². The number of rotatable bonds is 7. The Labute approximate surface area is 163 Å². The van der Waals surface area contributed by atoms with Crippen LogP contribution in [0.25, 0.3) is 0 Å². The zero-order valence-corrected chi connectivity index (χ0v) is 15.7. The molecule has 7 nitrogen and oxygen atoms in total. The summed E-state index contributed by atoms with van der Waals surface area (Å²) in [6.45, 7) is 2.59. The topological polar surface area (TPSA) is 99.3 Å². The number of benzene rings is 2. The van der Waals surface area contributed by atoms with E-state index in [0.29, 0.717) is 30.0 Å². The lowest BCUT2D eigenvalue weighted by Gasteiger charge is -2.09. The van der Waals surface area contributed by atoms with Crippen molar-refractivity contribution in [3.05, 3.63) is 59.7 Å². The molecule has 4 N–H and O–H groups in total. The second-order valence-corrected chi connectivity index (χ2v) is 6.84. The van der Waals surface area contributed by atoms with Gasteiger partial charge in [0, 0.05) is 35.9 Å². The molecule has 0 heterocycles. The molecular weight excluding hydrogens is 356 g/mol. The first kappa shape index (κ1) is 19.4. The molecule has 1 fully saturated rings. The second-order valence-electron chi connectivity index (χ2n) is 6.84. The van der Waals surface area contributed by atoms with Crippen molar-refractivity contribution in [1.29, 1.82) is 0 Å². The number of nitrogens with one attached hydrogen (secondary N) is 4. The molecule has 0 spiro atoms. The molecule has 146 valence electrons. The van der Waals surface area contributed by atoms with Crippen molar-refractivity contribution in [3.8, 4) is 0 Å². The van der Waals surface area contributed by atoms with Crippen LogP contribution in [0.2, 0.25) is 0 Å². The van der Waals surface area contributed by atoms with E-state index in [0.717, 1.165) is 18.4 Å². The van der Waals surface area contributed by atoms with Gasteiger partial charge < -0.3 is 21.3 Å². The minimum Gasteiger partial charge on any atom is -0.350 e. The molecule has 2 aromatic rings. The number of anilines is 2. The third-order valence-electron chi connectivity index (χ3n) is 4.37. The first-order valence-corrected chi connectivity index (χ1v) is 9.32. The average molecular weight is 380 g/mol. The highest BCUT2D eigenvalue weighted by molar-refractivity contribution is 5.96. The summed E-state index contributed by atoms with van der Waals surface area (Å²) in [5.74, 6) is -0.0633. The van der Waals surface area contributed by atoms with Gasteiger partial charge in [-0.05, 0) is 56.2 Å². The number of amides is 4. The summed E-state index contributed by atoms with van der Waals surface area (Å²) in [6, 6.07) is 13.9. The first-order valence-electron chi connectivity index (χ1n) is 9.32. The SMILES string of the molecule is Cc1ccc(NC(=O)NCCNC(=O)c2ccc(NC(=O)C3CC3)cc2)cc1. The van der Waals surface area contributed by atoms with E-state index in [1.54, 1.807) is 24.3 Å². The van der Waals surface area contributed by atoms with E-state index in [9.17, 15) is 14.4 Å². The third-order valence-corrected chi connectivity index (χ3v) is 4.37. The van der Waals surface area contributed by atoms with Gasteiger partial charge in [-0.1, -0.05) is 17.7 Å². The molecule has 0 aliphatic heterocycles. The van der Waals surface area contributed by atoms with Gasteiger partial charge in [0.1, 0.15) is 0 Å². The largest absolute Gasteiger partial charge is 0.350 e. The van der Waals surface area contributed by atoms with E-state index in [4.69, 9.17) is 0 Å². The molecule has 1 aliphatic carbocycles. The number of carbonyl (C=O) groups is 3. The van der Waals surface area contributed by atoms with Gasteiger partial charge in [0.05, 0.1) is 0 Å². The predicted molar refractivity (Wildman–Crippen MR) is 108 cm³/mol. The van der Waals surface area contributed by atoms with Crippen LogP contribution in [-0.2, 0) is 4.79 Å². The fourth-order valence-corrected chi connectivity index (χ4v) is 2.56. The van der Waals surface area contributed by atoms with Gasteiger partial charge in [-0.25, -0.2) is 4.79 Å². The monoisotopic (exact) mass is 380 g/mol. The zero-order chi connectivity index (χ0) is 19.9. The second kappa shape index (κ2) is 9.03. The number of aryl methyl sites for hydroxylation is 1. The number of hydrogen-bond donors (Lipinski definition) is 4. The zero-order valence-electron chi connectivity index (χ0n) is 15.7. The van der Waals surface area contributed by atoms with Gasteiger partial charge in [-0.2, -0.15) is 0 Å². The van der Waals surface area contributed by atoms with E-state index in [1.165, 1.54) is 0 Å². The molecule has 28 heavy (non-hydrogen) atoms.